The van der Waals surface area contributed by atoms with Gasteiger partial charge in [0.05, 0.1) is 22.3 Å². The van der Waals surface area contributed by atoms with E-state index in [9.17, 15) is 5.11 Å². The van der Waals surface area contributed by atoms with Gasteiger partial charge in [-0.2, -0.15) is 0 Å². The molecule has 0 aliphatic heterocycles. The number of aromatic hydroxyl groups is 1. The molecule has 64 heavy (non-hydrogen) atoms. The van der Waals surface area contributed by atoms with Crippen LogP contribution in [-0.4, -0.2) is 19.6 Å². The Morgan fingerprint density at radius 3 is 2.00 bits per heavy atom. The Hall–Kier alpha value is -6.35. The Balaban J connectivity index is 0.00000676. The van der Waals surface area contributed by atoms with Crippen molar-refractivity contribution in [2.24, 2.45) is 0 Å². The van der Waals surface area contributed by atoms with Gasteiger partial charge in [-0.05, 0) is 99.0 Å². The summed E-state index contributed by atoms with van der Waals surface area (Å²) in [6.45, 7) is 6.37. The largest absolute Gasteiger partial charge is 0.507 e. The monoisotopic (exact) mass is 1020 g/mol. The fraction of sp³-hybridized carbons (Fsp3) is 0.186. The molecule has 0 aliphatic carbocycles. The van der Waals surface area contributed by atoms with Crippen LogP contribution in [0.5, 0.6) is 5.75 Å². The van der Waals surface area contributed by atoms with Crippen LogP contribution in [0.1, 0.15) is 92.0 Å². The van der Waals surface area contributed by atoms with Crippen molar-refractivity contribution >= 4 is 11.0 Å². The van der Waals surface area contributed by atoms with Gasteiger partial charge in [-0.25, -0.2) is 4.98 Å². The number of para-hydroxylation sites is 1. The normalized spacial score (nSPS) is 13.8. The quantitative estimate of drug-likeness (QED) is 0.147. The molecule has 5 heteroatoms. The summed E-state index contributed by atoms with van der Waals surface area (Å²) in [5.74, 6) is -1.95. The van der Waals surface area contributed by atoms with E-state index in [1.54, 1.807) is 24.4 Å². The van der Waals surface area contributed by atoms with Crippen molar-refractivity contribution in [2.75, 3.05) is 0 Å². The van der Waals surface area contributed by atoms with E-state index in [2.05, 4.69) is 57.2 Å². The van der Waals surface area contributed by atoms with Gasteiger partial charge in [0, 0.05) is 48.1 Å². The molecule has 0 saturated carbocycles. The molecule has 0 saturated heterocycles. The number of nitrogens with zero attached hydrogens (tertiary/aromatic N) is 3. The number of imidazole rings is 1. The third-order valence-corrected chi connectivity index (χ3v) is 11.9. The molecule has 2 aromatic heterocycles. The summed E-state index contributed by atoms with van der Waals surface area (Å²) in [6.07, 6.45) is 1.80. The molecular weight excluding hydrogens is 962 g/mol. The molecule has 0 bridgehead atoms. The molecular formula is C59H54N3OPt-. The predicted molar refractivity (Wildman–Crippen MR) is 264 cm³/mol. The number of aromatic nitrogens is 3. The van der Waals surface area contributed by atoms with E-state index in [1.165, 1.54) is 0 Å². The van der Waals surface area contributed by atoms with Crippen molar-refractivity contribution in [2.45, 2.75) is 72.5 Å². The van der Waals surface area contributed by atoms with E-state index in [-0.39, 0.29) is 37.8 Å². The van der Waals surface area contributed by atoms with Gasteiger partial charge >= 0.3 is 0 Å². The molecule has 9 rings (SSSR count). The molecule has 0 radical (unpaired) electrons. The molecule has 0 fully saturated rings. The Morgan fingerprint density at radius 1 is 0.641 bits per heavy atom. The van der Waals surface area contributed by atoms with Crippen molar-refractivity contribution in [1.82, 2.24) is 14.5 Å². The van der Waals surface area contributed by atoms with Crippen molar-refractivity contribution in [3.05, 3.63) is 192 Å². The molecule has 2 heterocycles. The molecule has 9 aromatic rings. The summed E-state index contributed by atoms with van der Waals surface area (Å²) in [5, 5.41) is 12.1. The molecule has 0 spiro atoms. The smallest absolute Gasteiger partial charge is 0.148 e. The average Bonchev–Trinajstić information content (AvgIpc) is 3.71. The fourth-order valence-electron chi connectivity index (χ4n) is 8.30. The Labute approximate surface area is 402 Å². The van der Waals surface area contributed by atoms with E-state index in [4.69, 9.17) is 19.6 Å². The van der Waals surface area contributed by atoms with Crippen LogP contribution >= 0.6 is 0 Å². The van der Waals surface area contributed by atoms with E-state index in [0.717, 1.165) is 61.3 Å². The number of fused-ring (bicyclic) bond motifs is 1. The average molecular weight is 1020 g/mol. The van der Waals surface area contributed by atoms with Crippen LogP contribution in [0.3, 0.4) is 0 Å². The minimum Gasteiger partial charge on any atom is -0.507 e. The number of pyridine rings is 1. The first-order valence-corrected chi connectivity index (χ1v) is 21.3. The second-order valence-electron chi connectivity index (χ2n) is 17.5. The number of phenolic OH excluding ortho intramolecular Hbond substituents is 1. The third-order valence-electron chi connectivity index (χ3n) is 11.9. The van der Waals surface area contributed by atoms with Gasteiger partial charge in [0.2, 0.25) is 0 Å². The Bertz CT molecular complexity index is 3370. The van der Waals surface area contributed by atoms with Crippen LogP contribution in [0.25, 0.3) is 83.9 Å². The van der Waals surface area contributed by atoms with Crippen LogP contribution in [0.15, 0.2) is 164 Å². The molecule has 0 atom stereocenters. The van der Waals surface area contributed by atoms with E-state index in [1.807, 2.05) is 135 Å². The van der Waals surface area contributed by atoms with Gasteiger partial charge in [0.25, 0.3) is 0 Å². The van der Waals surface area contributed by atoms with E-state index >= 15 is 0 Å². The summed E-state index contributed by atoms with van der Waals surface area (Å²) in [6, 6.07) is 54.7. The zero-order valence-corrected chi connectivity index (χ0v) is 39.0. The van der Waals surface area contributed by atoms with Crippen molar-refractivity contribution in [3.63, 3.8) is 0 Å². The van der Waals surface area contributed by atoms with Crippen molar-refractivity contribution in [3.8, 4) is 78.6 Å². The number of phenols is 1. The second-order valence-corrected chi connectivity index (χ2v) is 17.5. The van der Waals surface area contributed by atoms with Crippen molar-refractivity contribution in [1.29, 1.82) is 0 Å². The zero-order valence-electron chi connectivity index (χ0n) is 43.8. The molecule has 7 aromatic carbocycles. The molecule has 1 N–H and O–H groups in total. The first kappa shape index (κ1) is 36.0. The van der Waals surface area contributed by atoms with Gasteiger partial charge in [-0.1, -0.05) is 180 Å². The topological polar surface area (TPSA) is 50.9 Å². The number of rotatable bonds is 9. The fourth-order valence-corrected chi connectivity index (χ4v) is 8.30. The minimum atomic E-state index is -2.81. The maximum Gasteiger partial charge on any atom is 0.148 e. The summed E-state index contributed by atoms with van der Waals surface area (Å²) in [5.41, 5.74) is 13.2. The predicted octanol–water partition coefficient (Wildman–Crippen LogP) is 15.8. The number of benzene rings is 7. The van der Waals surface area contributed by atoms with E-state index < -0.39 is 25.5 Å². The van der Waals surface area contributed by atoms with Gasteiger partial charge in [-0.15, -0.1) is 23.8 Å². The Kier molecular flexibility index (Phi) is 10.2. The van der Waals surface area contributed by atoms with Gasteiger partial charge in [-0.3, -0.25) is 9.55 Å². The van der Waals surface area contributed by atoms with Gasteiger partial charge in [0.1, 0.15) is 11.6 Å². The molecule has 0 unspecified atom stereocenters. The van der Waals surface area contributed by atoms with Crippen LogP contribution in [0.2, 0.25) is 0 Å². The zero-order chi connectivity index (χ0) is 49.9. The number of hydrogen-bond acceptors (Lipinski definition) is 3. The molecule has 0 amide bonds. The van der Waals surface area contributed by atoms with Crippen LogP contribution in [0, 0.1) is 13.0 Å². The summed E-state index contributed by atoms with van der Waals surface area (Å²) in [4.78, 5) is 10.4. The van der Waals surface area contributed by atoms with Crippen LogP contribution < -0.4 is 0 Å². The van der Waals surface area contributed by atoms with Crippen LogP contribution in [-0.2, 0) is 26.5 Å². The van der Waals surface area contributed by atoms with Crippen LogP contribution in [0.4, 0.5) is 0 Å². The van der Waals surface area contributed by atoms with Crippen molar-refractivity contribution < 1.29 is 35.8 Å². The second kappa shape index (κ2) is 18.0. The minimum absolute atomic E-state index is 0. The first-order valence-electron chi connectivity index (χ1n) is 24.8. The number of aryl methyl sites for hydroxylation is 1. The maximum absolute atomic E-state index is 12.1. The SMILES string of the molecule is [2H]C(C)(C)c1ccc(-c2ccnc(-c3[c-]c(-c4cccc5c4nc(-c4cc(C(C)(C)C)cc(C)c4O)n5-c4ccc(C(C([2H])([2H])[2H])C([2H])([2H])[2H])cc4-c4ccccc4)cc(-c4ccccc4)c3)c2)cc1.[Pt]. The maximum atomic E-state index is 12.1. The summed E-state index contributed by atoms with van der Waals surface area (Å²) in [7, 11) is 0. The van der Waals surface area contributed by atoms with Gasteiger partial charge < -0.3 is 5.11 Å². The standard InChI is InChI=1S/C59H54N3O.Pt/c1-37(2)40-22-24-42(25-23-40)45-28-29-60-53(35-45)48-32-46(41-16-11-9-12-17-41)31-47(33-48)50-20-15-21-55-56(50)61-58(52-36-49(59(6,7)8)30-39(5)57(52)63)62(55)54-27-26-44(38(3)4)34-51(54)43-18-13-10-14-19-43;/h9-32,34-38,63H,1-8H3;/q-1;/i3D3,4D3,37D;. The molecule has 0 aliphatic rings. The summed E-state index contributed by atoms with van der Waals surface area (Å²) < 4.78 is 60.6. The molecule has 322 valence electrons. The first-order chi connectivity index (χ1) is 33.1. The molecule has 4 nitrogen and oxygen atoms in total. The van der Waals surface area contributed by atoms with E-state index in [0.29, 0.717) is 39.2 Å². The van der Waals surface area contributed by atoms with Gasteiger partial charge in [0.15, 0.2) is 0 Å². The third kappa shape index (κ3) is 8.65. The Morgan fingerprint density at radius 2 is 1.31 bits per heavy atom. The number of hydrogen-bond donors (Lipinski definition) is 1. The summed E-state index contributed by atoms with van der Waals surface area (Å²) >= 11 is 0.